The highest BCUT2D eigenvalue weighted by Gasteiger charge is 2.19. The van der Waals surface area contributed by atoms with E-state index in [1.165, 1.54) is 89.9 Å². The fourth-order valence-corrected chi connectivity index (χ4v) is 6.70. The third kappa shape index (κ3) is 47.4. The van der Waals surface area contributed by atoms with Gasteiger partial charge in [0.2, 0.25) is 0 Å². The van der Waals surface area contributed by atoms with Crippen LogP contribution in [0.15, 0.2) is 97.2 Å². The second-order valence-corrected chi connectivity index (χ2v) is 16.5. The summed E-state index contributed by atoms with van der Waals surface area (Å²) in [6, 6.07) is 0. The number of hydrogen-bond donors (Lipinski definition) is 0. The molecule has 0 aromatic heterocycles. The molecule has 0 aliphatic carbocycles. The smallest absolute Gasteiger partial charge is 0.306 e. The number of hydrogen-bond acceptors (Lipinski definition) is 6. The highest BCUT2D eigenvalue weighted by atomic mass is 16.6. The summed E-state index contributed by atoms with van der Waals surface area (Å²) in [6.07, 6.45) is 65.3. The van der Waals surface area contributed by atoms with Crippen molar-refractivity contribution in [2.75, 3.05) is 13.2 Å². The van der Waals surface area contributed by atoms with E-state index < -0.39 is 6.10 Å². The molecule has 0 fully saturated rings. The van der Waals surface area contributed by atoms with Gasteiger partial charge in [0.1, 0.15) is 13.2 Å². The summed E-state index contributed by atoms with van der Waals surface area (Å²) in [4.78, 5) is 37.9. The molecule has 0 radical (unpaired) electrons. The first-order chi connectivity index (χ1) is 30.5. The van der Waals surface area contributed by atoms with Crippen LogP contribution in [-0.4, -0.2) is 37.2 Å². The average Bonchev–Trinajstić information content (AvgIpc) is 3.27. The van der Waals surface area contributed by atoms with Crippen LogP contribution in [-0.2, 0) is 28.6 Å². The molecule has 0 saturated carbocycles. The summed E-state index contributed by atoms with van der Waals surface area (Å²) in [6.45, 7) is 6.39. The van der Waals surface area contributed by atoms with Crippen LogP contribution in [0.3, 0.4) is 0 Å². The van der Waals surface area contributed by atoms with Gasteiger partial charge in [0.15, 0.2) is 6.10 Å². The molecule has 0 rings (SSSR count). The van der Waals surface area contributed by atoms with Gasteiger partial charge in [0, 0.05) is 19.3 Å². The van der Waals surface area contributed by atoms with Crippen LogP contribution in [0.1, 0.15) is 220 Å². The Morgan fingerprint density at radius 2 is 0.661 bits per heavy atom. The molecular formula is C56H92O6. The van der Waals surface area contributed by atoms with E-state index in [0.717, 1.165) is 89.9 Å². The van der Waals surface area contributed by atoms with E-state index >= 15 is 0 Å². The van der Waals surface area contributed by atoms with Crippen molar-refractivity contribution in [3.05, 3.63) is 97.2 Å². The first kappa shape index (κ1) is 58.3. The minimum atomic E-state index is -0.799. The van der Waals surface area contributed by atoms with Gasteiger partial charge in [-0.05, 0) is 57.8 Å². The Morgan fingerprint density at radius 1 is 0.339 bits per heavy atom. The lowest BCUT2D eigenvalue weighted by molar-refractivity contribution is -0.167. The number of ether oxygens (including phenoxy) is 3. The lowest BCUT2D eigenvalue weighted by Gasteiger charge is -2.18. The minimum absolute atomic E-state index is 0.0981. The van der Waals surface area contributed by atoms with Crippen LogP contribution in [0, 0.1) is 0 Å². The third-order valence-electron chi connectivity index (χ3n) is 10.5. The fourth-order valence-electron chi connectivity index (χ4n) is 6.70. The van der Waals surface area contributed by atoms with Gasteiger partial charge in [0.05, 0.1) is 0 Å². The Labute approximate surface area is 381 Å². The number of rotatable bonds is 44. The summed E-state index contributed by atoms with van der Waals surface area (Å²) in [7, 11) is 0. The molecule has 0 N–H and O–H groups in total. The Morgan fingerprint density at radius 3 is 1.10 bits per heavy atom. The fraction of sp³-hybridized carbons (Fsp3) is 0.661. The zero-order chi connectivity index (χ0) is 45.1. The Bertz CT molecular complexity index is 1260. The van der Waals surface area contributed by atoms with Crippen molar-refractivity contribution >= 4 is 17.9 Å². The number of carbonyl (C=O) groups excluding carboxylic acids is 3. The first-order valence-corrected chi connectivity index (χ1v) is 25.3. The Kier molecular flexibility index (Phi) is 47.0. The van der Waals surface area contributed by atoms with Gasteiger partial charge in [-0.25, -0.2) is 0 Å². The van der Waals surface area contributed by atoms with Crippen LogP contribution in [0.2, 0.25) is 0 Å². The van der Waals surface area contributed by atoms with Crippen LogP contribution >= 0.6 is 0 Å². The molecular weight excluding hydrogens is 769 g/mol. The largest absolute Gasteiger partial charge is 0.462 e. The number of allylic oxidation sites excluding steroid dienone is 16. The van der Waals surface area contributed by atoms with Crippen LogP contribution in [0.25, 0.3) is 0 Å². The lowest BCUT2D eigenvalue weighted by Crippen LogP contribution is -2.30. The van der Waals surface area contributed by atoms with E-state index in [1.54, 1.807) is 0 Å². The summed E-state index contributed by atoms with van der Waals surface area (Å²) in [5.41, 5.74) is 0. The van der Waals surface area contributed by atoms with Crippen molar-refractivity contribution in [1.29, 1.82) is 0 Å². The van der Waals surface area contributed by atoms with Crippen LogP contribution in [0.5, 0.6) is 0 Å². The monoisotopic (exact) mass is 861 g/mol. The van der Waals surface area contributed by atoms with Gasteiger partial charge in [-0.2, -0.15) is 0 Å². The maximum atomic E-state index is 12.8. The van der Waals surface area contributed by atoms with Crippen molar-refractivity contribution in [2.45, 2.75) is 226 Å². The van der Waals surface area contributed by atoms with Crippen LogP contribution < -0.4 is 0 Å². The second-order valence-electron chi connectivity index (χ2n) is 16.5. The van der Waals surface area contributed by atoms with Gasteiger partial charge in [-0.1, -0.05) is 240 Å². The molecule has 0 heterocycles. The van der Waals surface area contributed by atoms with Crippen molar-refractivity contribution in [3.63, 3.8) is 0 Å². The summed E-state index contributed by atoms with van der Waals surface area (Å²) in [5, 5.41) is 0. The van der Waals surface area contributed by atoms with E-state index in [9.17, 15) is 14.4 Å². The topological polar surface area (TPSA) is 78.9 Å². The second kappa shape index (κ2) is 50.0. The molecule has 0 aromatic carbocycles. The van der Waals surface area contributed by atoms with Crippen LogP contribution in [0.4, 0.5) is 0 Å². The van der Waals surface area contributed by atoms with Gasteiger partial charge >= 0.3 is 17.9 Å². The molecule has 1 unspecified atom stereocenters. The molecule has 0 aliphatic rings. The molecule has 0 amide bonds. The summed E-state index contributed by atoms with van der Waals surface area (Å²) < 4.78 is 16.7. The standard InChI is InChI=1S/C56H92O6/c1-4-7-10-13-16-19-22-24-26-27-28-29-31-32-34-37-40-43-46-49-55(58)61-52-53(51-60-54(57)48-45-42-39-36-21-18-15-12-9-6-3)62-56(59)50-47-44-41-38-35-33-30-25-23-20-17-14-11-8-5-2/h7,10,13,15-16,18-19,22,24,26-29,31-32,34,53H,4-6,8-9,11-12,14,17,20-21,23,25,30,33,35-52H2,1-3H3/b10-7-,16-13-,18-15-,22-19-,26-24-,28-27+,31-29-,34-32-. The molecule has 0 aromatic rings. The Balaban J connectivity index is 4.47. The molecule has 0 aliphatic heterocycles. The number of unbranched alkanes of at least 4 members (excludes halogenated alkanes) is 23. The van der Waals surface area contributed by atoms with E-state index in [-0.39, 0.29) is 31.1 Å². The van der Waals surface area contributed by atoms with Crippen molar-refractivity contribution in [3.8, 4) is 0 Å². The highest BCUT2D eigenvalue weighted by Crippen LogP contribution is 2.15. The maximum absolute atomic E-state index is 12.8. The first-order valence-electron chi connectivity index (χ1n) is 25.3. The SMILES string of the molecule is CC\C=C/C=C\C=C/C=C\C=C\C=C/C=C\CCCCCC(=O)OCC(COC(=O)CCCCCC/C=C\CCCC)OC(=O)CCCCCCCCCCCCCCCCC. The number of carbonyl (C=O) groups is 3. The molecule has 62 heavy (non-hydrogen) atoms. The normalized spacial score (nSPS) is 12.9. The van der Waals surface area contributed by atoms with Crippen molar-refractivity contribution in [1.82, 2.24) is 0 Å². The summed E-state index contributed by atoms with van der Waals surface area (Å²) >= 11 is 0. The highest BCUT2D eigenvalue weighted by molar-refractivity contribution is 5.71. The summed E-state index contributed by atoms with van der Waals surface area (Å²) in [5.74, 6) is -0.959. The van der Waals surface area contributed by atoms with E-state index in [0.29, 0.717) is 19.3 Å². The maximum Gasteiger partial charge on any atom is 0.306 e. The molecule has 0 saturated heterocycles. The predicted octanol–water partition coefficient (Wildman–Crippen LogP) is 16.6. The van der Waals surface area contributed by atoms with E-state index in [1.807, 2.05) is 72.9 Å². The molecule has 352 valence electrons. The van der Waals surface area contributed by atoms with Crippen molar-refractivity contribution in [2.24, 2.45) is 0 Å². The average molecular weight is 861 g/mol. The molecule has 0 spiro atoms. The zero-order valence-corrected chi connectivity index (χ0v) is 40.1. The van der Waals surface area contributed by atoms with E-state index in [2.05, 4.69) is 45.1 Å². The van der Waals surface area contributed by atoms with Crippen molar-refractivity contribution < 1.29 is 28.6 Å². The zero-order valence-electron chi connectivity index (χ0n) is 40.1. The van der Waals surface area contributed by atoms with Gasteiger partial charge in [-0.3, -0.25) is 14.4 Å². The van der Waals surface area contributed by atoms with Gasteiger partial charge in [0.25, 0.3) is 0 Å². The third-order valence-corrected chi connectivity index (χ3v) is 10.5. The Hall–Kier alpha value is -3.67. The lowest BCUT2D eigenvalue weighted by atomic mass is 10.0. The van der Waals surface area contributed by atoms with Gasteiger partial charge < -0.3 is 14.2 Å². The van der Waals surface area contributed by atoms with Gasteiger partial charge in [-0.15, -0.1) is 0 Å². The predicted molar refractivity (Wildman–Crippen MR) is 265 cm³/mol. The molecule has 6 heteroatoms. The number of esters is 3. The molecule has 1 atom stereocenters. The minimum Gasteiger partial charge on any atom is -0.462 e. The molecule has 6 nitrogen and oxygen atoms in total. The quantitative estimate of drug-likeness (QED) is 0.0200. The molecule has 0 bridgehead atoms. The van der Waals surface area contributed by atoms with E-state index in [4.69, 9.17) is 14.2 Å².